The maximum Gasteiger partial charge on any atom is 0.263 e. The fourth-order valence-electron chi connectivity index (χ4n) is 4.38. The molecule has 0 unspecified atom stereocenters. The van der Waals surface area contributed by atoms with E-state index in [1.54, 1.807) is 15.9 Å². The molecular formula is C23H23N3O2S2. The molecule has 0 radical (unpaired) electrons. The van der Waals surface area contributed by atoms with E-state index in [0.29, 0.717) is 18.2 Å². The van der Waals surface area contributed by atoms with Gasteiger partial charge in [0, 0.05) is 23.7 Å². The van der Waals surface area contributed by atoms with Crippen LogP contribution in [-0.4, -0.2) is 27.8 Å². The lowest BCUT2D eigenvalue weighted by atomic mass is 10.2. The summed E-state index contributed by atoms with van der Waals surface area (Å²) in [6, 6.07) is 8.05. The van der Waals surface area contributed by atoms with Gasteiger partial charge in [-0.25, -0.2) is 4.98 Å². The van der Waals surface area contributed by atoms with Crippen molar-refractivity contribution in [3.05, 3.63) is 62.8 Å². The lowest BCUT2D eigenvalue weighted by Crippen LogP contribution is -2.31. The number of hydrogen-bond acceptors (Lipinski definition) is 5. The first-order valence-electron chi connectivity index (χ1n) is 10.2. The van der Waals surface area contributed by atoms with Gasteiger partial charge >= 0.3 is 0 Å². The van der Waals surface area contributed by atoms with Gasteiger partial charge in [0.1, 0.15) is 4.83 Å². The van der Waals surface area contributed by atoms with E-state index in [0.717, 1.165) is 47.2 Å². The molecule has 0 fully saturated rings. The predicted octanol–water partition coefficient (Wildman–Crippen LogP) is 4.20. The number of allylic oxidation sites excluding steroid dienone is 1. The Morgan fingerprint density at radius 2 is 2.10 bits per heavy atom. The van der Waals surface area contributed by atoms with Gasteiger partial charge in [-0.2, -0.15) is 0 Å². The summed E-state index contributed by atoms with van der Waals surface area (Å²) in [5, 5.41) is 1.38. The fraction of sp³-hybridized carbons (Fsp3) is 0.348. The Hall–Kier alpha value is -2.38. The van der Waals surface area contributed by atoms with Crippen LogP contribution in [0.15, 0.2) is 46.4 Å². The lowest BCUT2D eigenvalue weighted by molar-refractivity contribution is -0.116. The third kappa shape index (κ3) is 3.30. The van der Waals surface area contributed by atoms with Crippen LogP contribution < -0.4 is 10.5 Å². The number of carbonyl (C=O) groups excluding carboxylic acids is 1. The van der Waals surface area contributed by atoms with Crippen molar-refractivity contribution in [1.82, 2.24) is 9.55 Å². The molecule has 0 N–H and O–H groups in total. The Bertz CT molecular complexity index is 1240. The number of fused-ring (bicyclic) bond motifs is 4. The monoisotopic (exact) mass is 437 g/mol. The highest BCUT2D eigenvalue weighted by Crippen LogP contribution is 2.36. The first-order chi connectivity index (χ1) is 14.5. The highest BCUT2D eigenvalue weighted by atomic mass is 32.2. The molecule has 0 saturated heterocycles. The summed E-state index contributed by atoms with van der Waals surface area (Å²) in [6.07, 6.45) is 3.99. The van der Waals surface area contributed by atoms with Gasteiger partial charge in [-0.15, -0.1) is 11.3 Å². The molecule has 5 nitrogen and oxygen atoms in total. The van der Waals surface area contributed by atoms with Crippen molar-refractivity contribution in [2.45, 2.75) is 44.3 Å². The molecule has 7 heteroatoms. The number of anilines is 1. The molecule has 0 atom stereocenters. The molecular weight excluding hydrogens is 414 g/mol. The Labute approximate surface area is 183 Å². The highest BCUT2D eigenvalue weighted by molar-refractivity contribution is 7.99. The van der Waals surface area contributed by atoms with Gasteiger partial charge in [0.2, 0.25) is 5.91 Å². The number of aromatic nitrogens is 2. The predicted molar refractivity (Wildman–Crippen MR) is 124 cm³/mol. The van der Waals surface area contributed by atoms with E-state index in [1.165, 1.54) is 27.8 Å². The molecule has 1 amide bonds. The number of para-hydroxylation sites is 1. The summed E-state index contributed by atoms with van der Waals surface area (Å²) < 4.78 is 1.70. The van der Waals surface area contributed by atoms with Crippen LogP contribution in [0.3, 0.4) is 0 Å². The first kappa shape index (κ1) is 19.6. The van der Waals surface area contributed by atoms with E-state index in [2.05, 4.69) is 12.6 Å². The minimum atomic E-state index is 0.00358. The van der Waals surface area contributed by atoms with E-state index in [9.17, 15) is 9.59 Å². The molecule has 0 spiro atoms. The van der Waals surface area contributed by atoms with Crippen LogP contribution in [-0.2, 0) is 30.6 Å². The largest absolute Gasteiger partial charge is 0.311 e. The van der Waals surface area contributed by atoms with E-state index >= 15 is 0 Å². The number of amides is 1. The van der Waals surface area contributed by atoms with Crippen LogP contribution in [0.1, 0.15) is 29.3 Å². The quantitative estimate of drug-likeness (QED) is 0.341. The summed E-state index contributed by atoms with van der Waals surface area (Å²) in [6.45, 7) is 7.03. The Balaban J connectivity index is 1.46. The van der Waals surface area contributed by atoms with Crippen LogP contribution in [0, 0.1) is 0 Å². The Kier molecular flexibility index (Phi) is 5.03. The molecule has 1 aliphatic heterocycles. The number of carbonyl (C=O) groups is 1. The molecule has 1 aliphatic carbocycles. The van der Waals surface area contributed by atoms with Crippen molar-refractivity contribution in [2.75, 3.05) is 17.2 Å². The summed E-state index contributed by atoms with van der Waals surface area (Å²) in [5.74, 6) is 0.308. The van der Waals surface area contributed by atoms with Crippen molar-refractivity contribution in [3.8, 4) is 0 Å². The van der Waals surface area contributed by atoms with Gasteiger partial charge in [0.15, 0.2) is 5.16 Å². The maximum absolute atomic E-state index is 13.3. The first-order valence-corrected chi connectivity index (χ1v) is 12.0. The molecule has 0 bridgehead atoms. The number of hydrogen-bond donors (Lipinski definition) is 0. The third-order valence-corrected chi connectivity index (χ3v) is 7.88. The Morgan fingerprint density at radius 3 is 2.93 bits per heavy atom. The second-order valence-corrected chi connectivity index (χ2v) is 10.0. The summed E-state index contributed by atoms with van der Waals surface area (Å²) in [5.41, 5.74) is 4.29. The SMILES string of the molecule is C=C(C)Cn1c(SCC(=O)N2CCc3ccccc32)nc2sc3c(c2c1=O)CCC3. The third-order valence-electron chi connectivity index (χ3n) is 5.73. The van der Waals surface area contributed by atoms with Crippen molar-refractivity contribution in [3.63, 3.8) is 0 Å². The Morgan fingerprint density at radius 1 is 1.27 bits per heavy atom. The van der Waals surface area contributed by atoms with E-state index < -0.39 is 0 Å². The summed E-state index contributed by atoms with van der Waals surface area (Å²) in [7, 11) is 0. The number of benzene rings is 1. The second-order valence-electron chi connectivity index (χ2n) is 7.99. The zero-order chi connectivity index (χ0) is 20.8. The van der Waals surface area contributed by atoms with E-state index in [4.69, 9.17) is 4.98 Å². The standard InChI is InChI=1S/C23H23N3O2S2/c1-14(2)12-26-22(28)20-16-7-5-9-18(16)30-21(20)24-23(26)29-13-19(27)25-11-10-15-6-3-4-8-17(15)25/h3-4,6,8H,1,5,7,9-13H2,2H3. The molecule has 3 aromatic rings. The number of thioether (sulfide) groups is 1. The maximum atomic E-state index is 13.3. The number of aryl methyl sites for hydroxylation is 2. The van der Waals surface area contributed by atoms with Crippen molar-refractivity contribution < 1.29 is 4.79 Å². The van der Waals surface area contributed by atoms with Crippen molar-refractivity contribution >= 4 is 44.9 Å². The molecule has 30 heavy (non-hydrogen) atoms. The molecule has 2 aliphatic rings. The smallest absolute Gasteiger partial charge is 0.263 e. The molecule has 2 aromatic heterocycles. The average Bonchev–Trinajstić information content (AvgIpc) is 3.42. The lowest BCUT2D eigenvalue weighted by Gasteiger charge is -2.18. The molecule has 0 saturated carbocycles. The van der Waals surface area contributed by atoms with Gasteiger partial charge < -0.3 is 4.90 Å². The van der Waals surface area contributed by atoms with Crippen LogP contribution >= 0.6 is 23.1 Å². The van der Waals surface area contributed by atoms with Crippen LogP contribution in [0.25, 0.3) is 10.2 Å². The topological polar surface area (TPSA) is 55.2 Å². The van der Waals surface area contributed by atoms with Gasteiger partial charge in [-0.1, -0.05) is 42.1 Å². The minimum Gasteiger partial charge on any atom is -0.311 e. The summed E-state index contributed by atoms with van der Waals surface area (Å²) >= 11 is 2.99. The van der Waals surface area contributed by atoms with Crippen LogP contribution in [0.4, 0.5) is 5.69 Å². The van der Waals surface area contributed by atoms with Crippen molar-refractivity contribution in [2.24, 2.45) is 0 Å². The number of nitrogens with zero attached hydrogens (tertiary/aromatic N) is 3. The fourth-order valence-corrected chi connectivity index (χ4v) is 6.56. The van der Waals surface area contributed by atoms with Crippen molar-refractivity contribution in [1.29, 1.82) is 0 Å². The highest BCUT2D eigenvalue weighted by Gasteiger charge is 2.26. The number of rotatable bonds is 5. The zero-order valence-electron chi connectivity index (χ0n) is 16.9. The van der Waals surface area contributed by atoms with E-state index in [1.807, 2.05) is 30.0 Å². The summed E-state index contributed by atoms with van der Waals surface area (Å²) in [4.78, 5) is 35.1. The average molecular weight is 438 g/mol. The van der Waals surface area contributed by atoms with Crippen LogP contribution in [0.5, 0.6) is 0 Å². The van der Waals surface area contributed by atoms with E-state index in [-0.39, 0.29) is 17.2 Å². The minimum absolute atomic E-state index is 0.00358. The van der Waals surface area contributed by atoms with Gasteiger partial charge in [-0.3, -0.25) is 14.2 Å². The van der Waals surface area contributed by atoms with Gasteiger partial charge in [-0.05, 0) is 49.8 Å². The molecule has 5 rings (SSSR count). The van der Waals surface area contributed by atoms with Gasteiger partial charge in [0.05, 0.1) is 11.1 Å². The number of thiophene rings is 1. The molecule has 3 heterocycles. The second kappa shape index (κ2) is 7.71. The molecule has 1 aromatic carbocycles. The van der Waals surface area contributed by atoms with Crippen LogP contribution in [0.2, 0.25) is 0 Å². The normalized spacial score (nSPS) is 14.9. The van der Waals surface area contributed by atoms with Gasteiger partial charge in [0.25, 0.3) is 5.56 Å². The molecule has 154 valence electrons. The zero-order valence-corrected chi connectivity index (χ0v) is 18.6.